The second-order valence-corrected chi connectivity index (χ2v) is 4.76. The maximum atomic E-state index is 11.9. The summed E-state index contributed by atoms with van der Waals surface area (Å²) < 4.78 is 0. The van der Waals surface area contributed by atoms with Gasteiger partial charge >= 0.3 is 0 Å². The van der Waals surface area contributed by atoms with Crippen molar-refractivity contribution in [1.29, 1.82) is 0 Å². The van der Waals surface area contributed by atoms with Crippen molar-refractivity contribution in [2.75, 3.05) is 19.0 Å². The van der Waals surface area contributed by atoms with Crippen molar-refractivity contribution in [2.45, 2.75) is 25.4 Å². The molecule has 1 aromatic heterocycles. The molecule has 1 aliphatic rings. The Morgan fingerprint density at radius 3 is 3.00 bits per heavy atom. The summed E-state index contributed by atoms with van der Waals surface area (Å²) in [4.78, 5) is 29.1. The van der Waals surface area contributed by atoms with Crippen molar-refractivity contribution in [3.63, 3.8) is 0 Å². The van der Waals surface area contributed by atoms with E-state index in [1.54, 1.807) is 6.20 Å². The smallest absolute Gasteiger partial charge is 0.242 e. The van der Waals surface area contributed by atoms with Gasteiger partial charge in [-0.2, -0.15) is 0 Å². The molecule has 0 spiro atoms. The number of rotatable bonds is 4. The molecular formula is C13H18N4O2. The lowest BCUT2D eigenvalue weighted by molar-refractivity contribution is -0.125. The number of pyridine rings is 1. The number of carbonyl (C=O) groups is 2. The van der Waals surface area contributed by atoms with Crippen LogP contribution in [0.15, 0.2) is 18.3 Å². The lowest BCUT2D eigenvalue weighted by Crippen LogP contribution is -2.41. The SMILES string of the molecule is CN(C)c1ncccc1CNC(=O)[C@H]1CCC(=O)N1. The van der Waals surface area contributed by atoms with Gasteiger partial charge in [0.2, 0.25) is 11.8 Å². The first-order valence-corrected chi connectivity index (χ1v) is 6.26. The zero-order chi connectivity index (χ0) is 13.8. The molecule has 1 aromatic rings. The van der Waals surface area contributed by atoms with Crippen LogP contribution in [0.1, 0.15) is 18.4 Å². The Kier molecular flexibility index (Phi) is 3.99. The lowest BCUT2D eigenvalue weighted by atomic mass is 10.2. The fraction of sp³-hybridized carbons (Fsp3) is 0.462. The van der Waals surface area contributed by atoms with Gasteiger partial charge in [-0.1, -0.05) is 6.07 Å². The van der Waals surface area contributed by atoms with Gasteiger partial charge < -0.3 is 15.5 Å². The summed E-state index contributed by atoms with van der Waals surface area (Å²) in [5.41, 5.74) is 0.949. The molecule has 0 saturated carbocycles. The number of hydrogen-bond donors (Lipinski definition) is 2. The minimum Gasteiger partial charge on any atom is -0.362 e. The standard InChI is InChI=1S/C13H18N4O2/c1-17(2)12-9(4-3-7-14-12)8-15-13(19)10-5-6-11(18)16-10/h3-4,7,10H,5-6,8H2,1-2H3,(H,15,19)(H,16,18)/t10-/m1/s1. The third-order valence-electron chi connectivity index (χ3n) is 3.06. The predicted octanol–water partition coefficient (Wildman–Crippen LogP) is 0.0424. The molecule has 1 aliphatic heterocycles. The van der Waals surface area contributed by atoms with Gasteiger partial charge in [0.05, 0.1) is 0 Å². The number of hydrogen-bond acceptors (Lipinski definition) is 4. The maximum absolute atomic E-state index is 11.9. The predicted molar refractivity (Wildman–Crippen MR) is 71.6 cm³/mol. The van der Waals surface area contributed by atoms with Gasteiger partial charge in [-0.05, 0) is 12.5 Å². The van der Waals surface area contributed by atoms with E-state index in [-0.39, 0.29) is 11.8 Å². The Bertz CT molecular complexity index is 487. The number of carbonyl (C=O) groups excluding carboxylic acids is 2. The van der Waals surface area contributed by atoms with Gasteiger partial charge in [0.15, 0.2) is 0 Å². The van der Waals surface area contributed by atoms with Gasteiger partial charge in [0, 0.05) is 38.8 Å². The third-order valence-corrected chi connectivity index (χ3v) is 3.06. The van der Waals surface area contributed by atoms with E-state index in [2.05, 4.69) is 15.6 Å². The Balaban J connectivity index is 1.95. The van der Waals surface area contributed by atoms with Crippen molar-refractivity contribution in [2.24, 2.45) is 0 Å². The largest absolute Gasteiger partial charge is 0.362 e. The third kappa shape index (κ3) is 3.21. The summed E-state index contributed by atoms with van der Waals surface area (Å²) in [6.45, 7) is 0.409. The van der Waals surface area contributed by atoms with Gasteiger partial charge in [0.25, 0.3) is 0 Å². The van der Waals surface area contributed by atoms with Crippen LogP contribution in [-0.4, -0.2) is 36.9 Å². The molecule has 0 radical (unpaired) electrons. The molecule has 102 valence electrons. The fourth-order valence-electron chi connectivity index (χ4n) is 2.09. The summed E-state index contributed by atoms with van der Waals surface area (Å²) in [7, 11) is 3.82. The van der Waals surface area contributed by atoms with Crippen LogP contribution >= 0.6 is 0 Å². The molecule has 1 saturated heterocycles. The van der Waals surface area contributed by atoms with Crippen LogP contribution in [0.4, 0.5) is 5.82 Å². The number of nitrogens with zero attached hydrogens (tertiary/aromatic N) is 2. The van der Waals surface area contributed by atoms with Crippen molar-refractivity contribution in [3.8, 4) is 0 Å². The van der Waals surface area contributed by atoms with Crippen LogP contribution in [0.2, 0.25) is 0 Å². The second-order valence-electron chi connectivity index (χ2n) is 4.76. The van der Waals surface area contributed by atoms with Crippen LogP contribution in [-0.2, 0) is 16.1 Å². The van der Waals surface area contributed by atoms with Crippen molar-refractivity contribution in [1.82, 2.24) is 15.6 Å². The van der Waals surface area contributed by atoms with E-state index in [0.717, 1.165) is 11.4 Å². The minimum absolute atomic E-state index is 0.0597. The Morgan fingerprint density at radius 1 is 1.58 bits per heavy atom. The van der Waals surface area contributed by atoms with Gasteiger partial charge in [-0.15, -0.1) is 0 Å². The van der Waals surface area contributed by atoms with Gasteiger partial charge in [-0.25, -0.2) is 4.98 Å². The first kappa shape index (κ1) is 13.3. The molecule has 2 rings (SSSR count). The van der Waals surface area contributed by atoms with E-state index in [1.807, 2.05) is 31.1 Å². The first-order chi connectivity index (χ1) is 9.08. The number of amides is 2. The maximum Gasteiger partial charge on any atom is 0.242 e. The van der Waals surface area contributed by atoms with Crippen LogP contribution < -0.4 is 15.5 Å². The average molecular weight is 262 g/mol. The second kappa shape index (κ2) is 5.69. The Hall–Kier alpha value is -2.11. The molecule has 0 unspecified atom stereocenters. The van der Waals surface area contributed by atoms with Crippen LogP contribution in [0.25, 0.3) is 0 Å². The van der Waals surface area contributed by atoms with Gasteiger partial charge in [-0.3, -0.25) is 9.59 Å². The summed E-state index contributed by atoms with van der Waals surface area (Å²) in [5.74, 6) is 0.633. The van der Waals surface area contributed by atoms with Crippen molar-refractivity contribution < 1.29 is 9.59 Å². The zero-order valence-electron chi connectivity index (χ0n) is 11.1. The molecule has 6 nitrogen and oxygen atoms in total. The Labute approximate surface area is 112 Å². The minimum atomic E-state index is -0.396. The summed E-state index contributed by atoms with van der Waals surface area (Å²) in [5, 5.41) is 5.49. The highest BCUT2D eigenvalue weighted by atomic mass is 16.2. The van der Waals surface area contributed by atoms with Crippen LogP contribution in [0.5, 0.6) is 0 Å². The fourth-order valence-corrected chi connectivity index (χ4v) is 2.09. The summed E-state index contributed by atoms with van der Waals surface area (Å²) in [6, 6.07) is 3.37. The van der Waals surface area contributed by atoms with Crippen molar-refractivity contribution in [3.05, 3.63) is 23.9 Å². The zero-order valence-corrected chi connectivity index (χ0v) is 11.1. The van der Waals surface area contributed by atoms with E-state index >= 15 is 0 Å². The summed E-state index contributed by atoms with van der Waals surface area (Å²) >= 11 is 0. The highest BCUT2D eigenvalue weighted by Gasteiger charge is 2.26. The van der Waals surface area contributed by atoms with E-state index in [0.29, 0.717) is 19.4 Å². The van der Waals surface area contributed by atoms with E-state index in [1.165, 1.54) is 0 Å². The van der Waals surface area contributed by atoms with Crippen LogP contribution in [0.3, 0.4) is 0 Å². The van der Waals surface area contributed by atoms with E-state index in [9.17, 15) is 9.59 Å². The number of anilines is 1. The lowest BCUT2D eigenvalue weighted by Gasteiger charge is -2.17. The van der Waals surface area contributed by atoms with E-state index < -0.39 is 6.04 Å². The molecule has 0 bridgehead atoms. The molecule has 6 heteroatoms. The molecule has 0 aliphatic carbocycles. The quantitative estimate of drug-likeness (QED) is 0.803. The van der Waals surface area contributed by atoms with Crippen molar-refractivity contribution >= 4 is 17.6 Å². The Morgan fingerprint density at radius 2 is 2.37 bits per heavy atom. The van der Waals surface area contributed by atoms with Gasteiger partial charge in [0.1, 0.15) is 11.9 Å². The molecule has 2 amide bonds. The number of aromatic nitrogens is 1. The summed E-state index contributed by atoms with van der Waals surface area (Å²) in [6.07, 6.45) is 2.71. The highest BCUT2D eigenvalue weighted by Crippen LogP contribution is 2.14. The molecule has 0 aromatic carbocycles. The highest BCUT2D eigenvalue weighted by molar-refractivity contribution is 5.90. The monoisotopic (exact) mass is 262 g/mol. The molecule has 19 heavy (non-hydrogen) atoms. The normalized spacial score (nSPS) is 18.0. The molecule has 1 fully saturated rings. The molecule has 2 heterocycles. The molecular weight excluding hydrogens is 244 g/mol. The topological polar surface area (TPSA) is 74.3 Å². The molecule has 2 N–H and O–H groups in total. The van der Waals surface area contributed by atoms with E-state index in [4.69, 9.17) is 0 Å². The molecule has 1 atom stereocenters. The van der Waals surface area contributed by atoms with Crippen LogP contribution in [0, 0.1) is 0 Å². The average Bonchev–Trinajstić information content (AvgIpc) is 2.83. The number of nitrogens with one attached hydrogen (secondary N) is 2. The first-order valence-electron chi connectivity index (χ1n) is 6.26.